The maximum Gasteiger partial charge on any atom is 0.231 e. The zero-order valence-corrected chi connectivity index (χ0v) is 14.6. The summed E-state index contributed by atoms with van der Waals surface area (Å²) in [6.07, 6.45) is 1.67. The normalized spacial score (nSPS) is 25.1. The Labute approximate surface area is 142 Å². The van der Waals surface area contributed by atoms with E-state index < -0.39 is 15.3 Å². The largest absolute Gasteiger partial charge is 0.497 e. The first-order valence-electron chi connectivity index (χ1n) is 8.19. The third kappa shape index (κ3) is 3.42. The van der Waals surface area contributed by atoms with Crippen molar-refractivity contribution in [2.24, 2.45) is 0 Å². The monoisotopic (exact) mass is 353 g/mol. The van der Waals surface area contributed by atoms with Gasteiger partial charge in [0.15, 0.2) is 9.84 Å². The molecule has 2 aliphatic heterocycles. The lowest BCUT2D eigenvalue weighted by Crippen LogP contribution is -2.51. The van der Waals surface area contributed by atoms with Crippen LogP contribution in [0.2, 0.25) is 0 Å². The molecule has 0 aliphatic carbocycles. The van der Waals surface area contributed by atoms with Gasteiger partial charge in [0.25, 0.3) is 0 Å². The highest BCUT2D eigenvalue weighted by atomic mass is 32.2. The number of hydrogen-bond donors (Lipinski definition) is 1. The lowest BCUT2D eigenvalue weighted by atomic mass is 9.73. The van der Waals surface area contributed by atoms with E-state index in [0.717, 1.165) is 11.3 Å². The van der Waals surface area contributed by atoms with Crippen LogP contribution >= 0.6 is 0 Å². The number of benzene rings is 1. The zero-order chi connectivity index (χ0) is 17.2. The predicted molar refractivity (Wildman–Crippen MR) is 89.9 cm³/mol. The van der Waals surface area contributed by atoms with Gasteiger partial charge in [-0.25, -0.2) is 8.42 Å². The highest BCUT2D eigenvalue weighted by Gasteiger charge is 2.43. The van der Waals surface area contributed by atoms with E-state index in [-0.39, 0.29) is 23.5 Å². The Morgan fingerprint density at radius 2 is 1.92 bits per heavy atom. The van der Waals surface area contributed by atoms with Gasteiger partial charge in [0.2, 0.25) is 5.91 Å². The molecule has 1 aromatic carbocycles. The molecule has 0 radical (unpaired) electrons. The van der Waals surface area contributed by atoms with Crippen LogP contribution < -0.4 is 10.1 Å². The third-order valence-electron chi connectivity index (χ3n) is 4.99. The first kappa shape index (κ1) is 17.2. The van der Waals surface area contributed by atoms with Gasteiger partial charge in [-0.05, 0) is 37.0 Å². The Kier molecular flexibility index (Phi) is 4.83. The van der Waals surface area contributed by atoms with E-state index in [4.69, 9.17) is 9.47 Å². The molecular formula is C17H23NO5S. The van der Waals surface area contributed by atoms with Gasteiger partial charge in [0.1, 0.15) is 5.75 Å². The van der Waals surface area contributed by atoms with Gasteiger partial charge in [-0.1, -0.05) is 12.1 Å². The smallest absolute Gasteiger partial charge is 0.231 e. The SMILES string of the molecule is COc1ccc(C2(C(=O)N[C@H]3CCS(=O)(=O)C3)CCOCC2)cc1. The number of nitrogens with one attached hydrogen (secondary N) is 1. The van der Waals surface area contributed by atoms with E-state index in [0.29, 0.717) is 32.5 Å². The van der Waals surface area contributed by atoms with E-state index in [9.17, 15) is 13.2 Å². The van der Waals surface area contributed by atoms with Crippen LogP contribution in [0, 0.1) is 0 Å². The molecule has 1 amide bonds. The van der Waals surface area contributed by atoms with E-state index in [1.165, 1.54) is 0 Å². The lowest BCUT2D eigenvalue weighted by molar-refractivity contribution is -0.131. The van der Waals surface area contributed by atoms with Crippen LogP contribution in [0.15, 0.2) is 24.3 Å². The fraction of sp³-hybridized carbons (Fsp3) is 0.588. The fourth-order valence-electron chi connectivity index (χ4n) is 3.51. The molecule has 0 saturated carbocycles. The highest BCUT2D eigenvalue weighted by Crippen LogP contribution is 2.36. The molecule has 1 atom stereocenters. The van der Waals surface area contributed by atoms with Crippen LogP contribution in [-0.4, -0.2) is 52.2 Å². The molecule has 0 aromatic heterocycles. The van der Waals surface area contributed by atoms with Crippen molar-refractivity contribution in [2.45, 2.75) is 30.7 Å². The van der Waals surface area contributed by atoms with E-state index >= 15 is 0 Å². The quantitative estimate of drug-likeness (QED) is 0.875. The molecule has 0 unspecified atom stereocenters. The standard InChI is InChI=1S/C17H23NO5S/c1-22-15-4-2-13(3-5-15)17(7-9-23-10-8-17)16(19)18-14-6-11-24(20,21)12-14/h2-5,14H,6-12H2,1H3,(H,18,19)/t14-/m0/s1. The molecule has 6 nitrogen and oxygen atoms in total. The number of amides is 1. The minimum absolute atomic E-state index is 0.0356. The summed E-state index contributed by atoms with van der Waals surface area (Å²) < 4.78 is 33.9. The van der Waals surface area contributed by atoms with Gasteiger partial charge in [-0.3, -0.25) is 4.79 Å². The molecule has 7 heteroatoms. The number of carbonyl (C=O) groups excluding carboxylic acids is 1. The van der Waals surface area contributed by atoms with Crippen LogP contribution in [0.1, 0.15) is 24.8 Å². The van der Waals surface area contributed by atoms with Gasteiger partial charge in [0.05, 0.1) is 24.0 Å². The summed E-state index contributed by atoms with van der Waals surface area (Å²) in [6.45, 7) is 1.03. The first-order valence-corrected chi connectivity index (χ1v) is 10.0. The van der Waals surface area contributed by atoms with Gasteiger partial charge in [0, 0.05) is 19.3 Å². The van der Waals surface area contributed by atoms with E-state index in [1.54, 1.807) is 7.11 Å². The number of sulfone groups is 1. The van der Waals surface area contributed by atoms with Crippen molar-refractivity contribution in [3.63, 3.8) is 0 Å². The molecule has 2 saturated heterocycles. The second kappa shape index (κ2) is 6.72. The lowest BCUT2D eigenvalue weighted by Gasteiger charge is -2.37. The average Bonchev–Trinajstić information content (AvgIpc) is 2.94. The number of hydrogen-bond acceptors (Lipinski definition) is 5. The molecule has 0 spiro atoms. The van der Waals surface area contributed by atoms with E-state index in [1.807, 2.05) is 24.3 Å². The van der Waals surface area contributed by atoms with Crippen molar-refractivity contribution in [2.75, 3.05) is 31.8 Å². The molecule has 3 rings (SSSR count). The maximum atomic E-state index is 13.0. The minimum Gasteiger partial charge on any atom is -0.497 e. The van der Waals surface area contributed by atoms with Gasteiger partial charge < -0.3 is 14.8 Å². The molecule has 1 aromatic rings. The maximum absolute atomic E-state index is 13.0. The molecule has 2 heterocycles. The number of ether oxygens (including phenoxy) is 2. The van der Waals surface area contributed by atoms with Crippen molar-refractivity contribution >= 4 is 15.7 Å². The minimum atomic E-state index is -3.02. The first-order chi connectivity index (χ1) is 11.5. The molecule has 1 N–H and O–H groups in total. The summed E-state index contributed by atoms with van der Waals surface area (Å²) in [5, 5.41) is 2.97. The molecule has 24 heavy (non-hydrogen) atoms. The molecule has 2 aliphatic rings. The fourth-order valence-corrected chi connectivity index (χ4v) is 5.18. The van der Waals surface area contributed by atoms with Crippen molar-refractivity contribution in [3.8, 4) is 5.75 Å². The predicted octanol–water partition coefficient (Wildman–Crippen LogP) is 1.05. The third-order valence-corrected chi connectivity index (χ3v) is 6.76. The van der Waals surface area contributed by atoms with Crippen LogP contribution in [-0.2, 0) is 24.8 Å². The number of carbonyl (C=O) groups is 1. The van der Waals surface area contributed by atoms with Crippen LogP contribution in [0.3, 0.4) is 0 Å². The zero-order valence-electron chi connectivity index (χ0n) is 13.8. The van der Waals surface area contributed by atoms with Crippen molar-refractivity contribution < 1.29 is 22.7 Å². The molecule has 2 fully saturated rings. The summed E-state index contributed by atoms with van der Waals surface area (Å²) in [5.74, 6) is 0.825. The van der Waals surface area contributed by atoms with Crippen LogP contribution in [0.4, 0.5) is 0 Å². The summed E-state index contributed by atoms with van der Waals surface area (Å²) in [7, 11) is -1.42. The summed E-state index contributed by atoms with van der Waals surface area (Å²) in [6, 6.07) is 7.23. The second-order valence-corrected chi connectivity index (χ2v) is 8.73. The molecule has 132 valence electrons. The molecular weight excluding hydrogens is 330 g/mol. The highest BCUT2D eigenvalue weighted by molar-refractivity contribution is 7.91. The number of methoxy groups -OCH3 is 1. The van der Waals surface area contributed by atoms with Crippen molar-refractivity contribution in [3.05, 3.63) is 29.8 Å². The Balaban J connectivity index is 1.83. The number of rotatable bonds is 4. The Morgan fingerprint density at radius 3 is 2.46 bits per heavy atom. The average molecular weight is 353 g/mol. The van der Waals surface area contributed by atoms with Crippen LogP contribution in [0.5, 0.6) is 5.75 Å². The second-order valence-electron chi connectivity index (χ2n) is 6.50. The summed E-state index contributed by atoms with van der Waals surface area (Å²) >= 11 is 0. The Morgan fingerprint density at radius 1 is 1.25 bits per heavy atom. The van der Waals surface area contributed by atoms with E-state index in [2.05, 4.69) is 5.32 Å². The van der Waals surface area contributed by atoms with Gasteiger partial charge in [-0.15, -0.1) is 0 Å². The summed E-state index contributed by atoms with van der Waals surface area (Å²) in [5.41, 5.74) is 0.251. The van der Waals surface area contributed by atoms with Crippen molar-refractivity contribution in [1.82, 2.24) is 5.32 Å². The van der Waals surface area contributed by atoms with Gasteiger partial charge >= 0.3 is 0 Å². The summed E-state index contributed by atoms with van der Waals surface area (Å²) in [4.78, 5) is 13.0. The van der Waals surface area contributed by atoms with Crippen molar-refractivity contribution in [1.29, 1.82) is 0 Å². The topological polar surface area (TPSA) is 81.7 Å². The van der Waals surface area contributed by atoms with Gasteiger partial charge in [-0.2, -0.15) is 0 Å². The Bertz CT molecular complexity index is 692. The molecule has 0 bridgehead atoms. The Hall–Kier alpha value is -1.60. The van der Waals surface area contributed by atoms with Crippen LogP contribution in [0.25, 0.3) is 0 Å².